The van der Waals surface area contributed by atoms with Crippen LogP contribution in [0.5, 0.6) is 5.75 Å². The van der Waals surface area contributed by atoms with Gasteiger partial charge < -0.3 is 15.2 Å². The van der Waals surface area contributed by atoms with E-state index in [1.165, 1.54) is 0 Å². The maximum atomic E-state index is 13.4. The van der Waals surface area contributed by atoms with Gasteiger partial charge in [0.25, 0.3) is 0 Å². The highest BCUT2D eigenvalue weighted by Gasteiger charge is 2.70. The molecule has 2 aromatic rings. The molecule has 27 heavy (non-hydrogen) atoms. The molecule has 146 valence electrons. The van der Waals surface area contributed by atoms with E-state index in [1.807, 2.05) is 50.2 Å². The lowest BCUT2D eigenvalue weighted by Gasteiger charge is -2.16. The van der Waals surface area contributed by atoms with E-state index in [-0.39, 0.29) is 12.5 Å². The largest absolute Gasteiger partial charge is 0.497 e. The average molecular weight is 390 g/mol. The average Bonchev–Trinajstić information content (AvgIpc) is 3.37. The lowest BCUT2D eigenvalue weighted by atomic mass is 10.00. The van der Waals surface area contributed by atoms with E-state index in [9.17, 15) is 8.42 Å². The molecule has 3 atom stereocenters. The minimum Gasteiger partial charge on any atom is -0.497 e. The molecule has 2 aromatic carbocycles. The Kier molecular flexibility index (Phi) is 5.60. The van der Waals surface area contributed by atoms with Gasteiger partial charge in [-0.1, -0.05) is 29.8 Å². The second-order valence-corrected chi connectivity index (χ2v) is 9.17. The third-order valence-corrected chi connectivity index (χ3v) is 7.83. The zero-order valence-electron chi connectivity index (χ0n) is 16.0. The second kappa shape index (κ2) is 7.62. The number of nitrogens with two attached hydrogens (primary N) is 1. The van der Waals surface area contributed by atoms with Crippen molar-refractivity contribution < 1.29 is 17.9 Å². The molecule has 1 aliphatic carbocycles. The molecule has 1 fully saturated rings. The summed E-state index contributed by atoms with van der Waals surface area (Å²) < 4.78 is 37.7. The highest BCUT2D eigenvalue weighted by atomic mass is 32.2. The molecule has 0 bridgehead atoms. The van der Waals surface area contributed by atoms with E-state index in [2.05, 4.69) is 0 Å². The van der Waals surface area contributed by atoms with Gasteiger partial charge in [-0.15, -0.1) is 0 Å². The fraction of sp³-hybridized carbons (Fsp3) is 0.429. The van der Waals surface area contributed by atoms with Crippen LogP contribution in [0.25, 0.3) is 0 Å². The van der Waals surface area contributed by atoms with Gasteiger partial charge in [-0.2, -0.15) is 0 Å². The van der Waals surface area contributed by atoms with Crippen molar-refractivity contribution in [3.8, 4) is 5.75 Å². The Morgan fingerprint density at radius 1 is 1.07 bits per heavy atom. The van der Waals surface area contributed by atoms with Crippen molar-refractivity contribution in [1.29, 1.82) is 0 Å². The Balaban J connectivity index is 2.02. The van der Waals surface area contributed by atoms with Crippen LogP contribution < -0.4 is 10.5 Å². The van der Waals surface area contributed by atoms with Gasteiger partial charge in [0.2, 0.25) is 0 Å². The molecule has 1 saturated carbocycles. The van der Waals surface area contributed by atoms with Crippen LogP contribution in [0.4, 0.5) is 0 Å². The highest BCUT2D eigenvalue weighted by molar-refractivity contribution is 7.92. The Labute approximate surface area is 161 Å². The normalized spacial score (nSPS) is 24.6. The maximum Gasteiger partial charge on any atom is 0.182 e. The molecular weight excluding hydrogens is 362 g/mol. The first-order valence-electron chi connectivity index (χ1n) is 9.13. The molecule has 5 nitrogen and oxygen atoms in total. The summed E-state index contributed by atoms with van der Waals surface area (Å²) in [6.45, 7) is 4.94. The van der Waals surface area contributed by atoms with Crippen molar-refractivity contribution in [2.45, 2.75) is 29.9 Å². The minimum absolute atomic E-state index is 0.203. The smallest absolute Gasteiger partial charge is 0.182 e. The molecule has 3 rings (SSSR count). The predicted molar refractivity (Wildman–Crippen MR) is 106 cm³/mol. The molecule has 0 amide bonds. The van der Waals surface area contributed by atoms with Gasteiger partial charge in [-0.25, -0.2) is 8.42 Å². The van der Waals surface area contributed by atoms with Gasteiger partial charge in [-0.3, -0.25) is 0 Å². The number of aryl methyl sites for hydroxylation is 1. The van der Waals surface area contributed by atoms with Crippen LogP contribution >= 0.6 is 0 Å². The first-order valence-corrected chi connectivity index (χ1v) is 10.7. The molecule has 0 unspecified atom stereocenters. The predicted octanol–water partition coefficient (Wildman–Crippen LogP) is 2.92. The summed E-state index contributed by atoms with van der Waals surface area (Å²) in [5.74, 6) is 0.534. The molecule has 0 saturated heterocycles. The number of rotatable bonds is 8. The number of hydrogen-bond acceptors (Lipinski definition) is 5. The molecule has 6 heteroatoms. The quantitative estimate of drug-likeness (QED) is 0.751. The summed E-state index contributed by atoms with van der Waals surface area (Å²) in [5, 5.41) is -0.599. The van der Waals surface area contributed by atoms with E-state index < -0.39 is 20.5 Å². The summed E-state index contributed by atoms with van der Waals surface area (Å²) in [6, 6.07) is 14.5. The van der Waals surface area contributed by atoms with Crippen LogP contribution in [0.2, 0.25) is 0 Å². The molecular formula is C21H27NO4S. The molecule has 0 radical (unpaired) electrons. The minimum atomic E-state index is -3.54. The van der Waals surface area contributed by atoms with Crippen molar-refractivity contribution in [2.24, 2.45) is 11.1 Å². The van der Waals surface area contributed by atoms with Crippen molar-refractivity contribution in [2.75, 3.05) is 26.9 Å². The fourth-order valence-electron chi connectivity index (χ4n) is 3.90. The van der Waals surface area contributed by atoms with Gasteiger partial charge >= 0.3 is 0 Å². The van der Waals surface area contributed by atoms with Crippen LogP contribution in [-0.2, 0) is 14.6 Å². The molecule has 0 spiro atoms. The monoisotopic (exact) mass is 389 g/mol. The first kappa shape index (κ1) is 19.9. The van der Waals surface area contributed by atoms with E-state index in [4.69, 9.17) is 15.2 Å². The SMILES string of the molecule is CCOC[C@@]1(CN)[C@H](c2ccc(OC)cc2)[C@@H]1S(=O)(=O)c1ccc(C)cc1. The van der Waals surface area contributed by atoms with Gasteiger partial charge in [0, 0.05) is 24.5 Å². The summed E-state index contributed by atoms with van der Waals surface area (Å²) in [6.07, 6.45) is 0. The van der Waals surface area contributed by atoms with Crippen molar-refractivity contribution >= 4 is 9.84 Å². The van der Waals surface area contributed by atoms with Crippen LogP contribution in [0.3, 0.4) is 0 Å². The highest BCUT2D eigenvalue weighted by Crippen LogP contribution is 2.63. The summed E-state index contributed by atoms with van der Waals surface area (Å²) in [5.41, 5.74) is 7.47. The number of sulfone groups is 1. The van der Waals surface area contributed by atoms with E-state index in [0.717, 1.165) is 16.9 Å². The Bertz CT molecular complexity index is 877. The van der Waals surface area contributed by atoms with Crippen molar-refractivity contribution in [3.05, 3.63) is 59.7 Å². The standard InChI is InChI=1S/C21H27NO4S/c1-4-26-14-21(13-22)19(16-7-9-17(25-3)10-8-16)20(21)27(23,24)18-11-5-15(2)6-12-18/h5-12,19-20H,4,13-14,22H2,1-3H3/t19-,20+,21+/m1/s1. The Morgan fingerprint density at radius 3 is 2.22 bits per heavy atom. The lowest BCUT2D eigenvalue weighted by molar-refractivity contribution is 0.101. The second-order valence-electron chi connectivity index (χ2n) is 7.10. The zero-order valence-corrected chi connectivity index (χ0v) is 16.8. The van der Waals surface area contributed by atoms with Crippen LogP contribution in [0, 0.1) is 12.3 Å². The fourth-order valence-corrected chi connectivity index (χ4v) is 6.35. The lowest BCUT2D eigenvalue weighted by Crippen LogP contribution is -2.29. The van der Waals surface area contributed by atoms with Gasteiger partial charge in [0.15, 0.2) is 9.84 Å². The number of benzene rings is 2. The molecule has 1 aliphatic rings. The summed E-state index contributed by atoms with van der Waals surface area (Å²) in [4.78, 5) is 0.337. The molecule has 0 aromatic heterocycles. The Morgan fingerprint density at radius 2 is 1.70 bits per heavy atom. The third-order valence-electron chi connectivity index (χ3n) is 5.49. The zero-order chi connectivity index (χ0) is 19.7. The number of hydrogen-bond donors (Lipinski definition) is 1. The van der Waals surface area contributed by atoms with Crippen molar-refractivity contribution in [3.63, 3.8) is 0 Å². The number of methoxy groups -OCH3 is 1. The molecule has 0 aliphatic heterocycles. The Hall–Kier alpha value is -1.89. The van der Waals surface area contributed by atoms with E-state index in [1.54, 1.807) is 19.2 Å². The van der Waals surface area contributed by atoms with E-state index in [0.29, 0.717) is 18.1 Å². The maximum absolute atomic E-state index is 13.4. The number of ether oxygens (including phenoxy) is 2. The summed E-state index contributed by atoms with van der Waals surface area (Å²) >= 11 is 0. The van der Waals surface area contributed by atoms with Crippen LogP contribution in [0.15, 0.2) is 53.4 Å². The third kappa shape index (κ3) is 3.49. The first-order chi connectivity index (χ1) is 12.9. The van der Waals surface area contributed by atoms with Gasteiger partial charge in [0.05, 0.1) is 23.9 Å². The van der Waals surface area contributed by atoms with Crippen LogP contribution in [0.1, 0.15) is 24.0 Å². The molecule has 0 heterocycles. The van der Waals surface area contributed by atoms with Gasteiger partial charge in [-0.05, 0) is 43.7 Å². The van der Waals surface area contributed by atoms with E-state index >= 15 is 0 Å². The summed E-state index contributed by atoms with van der Waals surface area (Å²) in [7, 11) is -1.93. The molecule has 2 N–H and O–H groups in total. The van der Waals surface area contributed by atoms with Gasteiger partial charge in [0.1, 0.15) is 5.75 Å². The topological polar surface area (TPSA) is 78.6 Å². The van der Waals surface area contributed by atoms with Crippen molar-refractivity contribution in [1.82, 2.24) is 0 Å². The van der Waals surface area contributed by atoms with Crippen LogP contribution in [-0.4, -0.2) is 40.5 Å².